The minimum Gasteiger partial charge on any atom is -0.478 e. The van der Waals surface area contributed by atoms with E-state index >= 15 is 0 Å². The van der Waals surface area contributed by atoms with Crippen molar-refractivity contribution >= 4 is 11.9 Å². The lowest BCUT2D eigenvalue weighted by molar-refractivity contribution is -0.121. The molecule has 5 heteroatoms. The summed E-state index contributed by atoms with van der Waals surface area (Å²) in [5.41, 5.74) is 0.597. The zero-order chi connectivity index (χ0) is 13.5. The summed E-state index contributed by atoms with van der Waals surface area (Å²) in [6.45, 7) is 1.73. The van der Waals surface area contributed by atoms with Gasteiger partial charge in [0, 0.05) is 0 Å². The molecule has 0 saturated heterocycles. The van der Waals surface area contributed by atoms with E-state index in [-0.39, 0.29) is 30.5 Å². The Balaban J connectivity index is 2.73. The molecule has 0 spiro atoms. The van der Waals surface area contributed by atoms with E-state index < -0.39 is 5.97 Å². The lowest BCUT2D eigenvalue weighted by Gasteiger charge is -2.14. The van der Waals surface area contributed by atoms with Crippen molar-refractivity contribution < 1.29 is 19.8 Å². The molecule has 0 aromatic heterocycles. The second-order valence-corrected chi connectivity index (χ2v) is 3.99. The lowest BCUT2D eigenvalue weighted by Crippen LogP contribution is -2.38. The number of aliphatic hydroxyl groups is 1. The summed E-state index contributed by atoms with van der Waals surface area (Å²) >= 11 is 0. The first kappa shape index (κ1) is 14.2. The normalized spacial score (nSPS) is 11.9. The number of aromatic carboxylic acids is 1. The van der Waals surface area contributed by atoms with Crippen molar-refractivity contribution in [2.24, 2.45) is 0 Å². The quantitative estimate of drug-likeness (QED) is 0.698. The highest BCUT2D eigenvalue weighted by Gasteiger charge is 2.14. The van der Waals surface area contributed by atoms with Crippen molar-refractivity contribution in [2.75, 3.05) is 6.61 Å². The van der Waals surface area contributed by atoms with Crippen LogP contribution in [0.25, 0.3) is 0 Å². The Morgan fingerprint density at radius 1 is 1.33 bits per heavy atom. The fourth-order valence-electron chi connectivity index (χ4n) is 1.61. The van der Waals surface area contributed by atoms with E-state index in [0.717, 1.165) is 0 Å². The van der Waals surface area contributed by atoms with Gasteiger partial charge in [-0.3, -0.25) is 4.79 Å². The largest absolute Gasteiger partial charge is 0.478 e. The fraction of sp³-hybridized carbons (Fsp3) is 0.385. The molecule has 0 fully saturated rings. The van der Waals surface area contributed by atoms with Crippen LogP contribution in [0.4, 0.5) is 0 Å². The topological polar surface area (TPSA) is 86.6 Å². The van der Waals surface area contributed by atoms with Crippen LogP contribution in [-0.4, -0.2) is 34.7 Å². The number of carboxylic acids is 1. The van der Waals surface area contributed by atoms with Gasteiger partial charge in [0.25, 0.3) is 0 Å². The number of carboxylic acid groups (broad SMARTS) is 1. The van der Waals surface area contributed by atoms with E-state index in [1.54, 1.807) is 18.2 Å². The first-order valence-corrected chi connectivity index (χ1v) is 5.79. The van der Waals surface area contributed by atoms with Crippen LogP contribution in [0.5, 0.6) is 0 Å². The van der Waals surface area contributed by atoms with Crippen LogP contribution in [0.3, 0.4) is 0 Å². The van der Waals surface area contributed by atoms with Crippen molar-refractivity contribution in [3.8, 4) is 0 Å². The van der Waals surface area contributed by atoms with Crippen LogP contribution in [0.1, 0.15) is 29.3 Å². The van der Waals surface area contributed by atoms with Crippen LogP contribution in [0.15, 0.2) is 24.3 Å². The summed E-state index contributed by atoms with van der Waals surface area (Å²) in [6, 6.07) is 6.11. The molecule has 0 unspecified atom stereocenters. The van der Waals surface area contributed by atoms with Crippen LogP contribution >= 0.6 is 0 Å². The molecule has 0 heterocycles. The van der Waals surface area contributed by atoms with Crippen molar-refractivity contribution in [2.45, 2.75) is 25.8 Å². The van der Waals surface area contributed by atoms with Gasteiger partial charge in [-0.1, -0.05) is 25.1 Å². The summed E-state index contributed by atoms with van der Waals surface area (Å²) in [5.74, 6) is -1.34. The Kier molecular flexibility index (Phi) is 5.32. The summed E-state index contributed by atoms with van der Waals surface area (Å²) < 4.78 is 0. The highest BCUT2D eigenvalue weighted by atomic mass is 16.4. The Morgan fingerprint density at radius 3 is 2.56 bits per heavy atom. The number of carbonyl (C=O) groups excluding carboxylic acids is 1. The summed E-state index contributed by atoms with van der Waals surface area (Å²) in [7, 11) is 0. The smallest absolute Gasteiger partial charge is 0.335 e. The van der Waals surface area contributed by atoms with E-state index in [1.165, 1.54) is 6.07 Å². The maximum atomic E-state index is 11.7. The monoisotopic (exact) mass is 251 g/mol. The van der Waals surface area contributed by atoms with Gasteiger partial charge in [0.1, 0.15) is 0 Å². The first-order valence-electron chi connectivity index (χ1n) is 5.79. The zero-order valence-electron chi connectivity index (χ0n) is 10.2. The minimum absolute atomic E-state index is 0.00102. The lowest BCUT2D eigenvalue weighted by atomic mass is 10.0. The molecule has 3 N–H and O–H groups in total. The van der Waals surface area contributed by atoms with Crippen molar-refractivity contribution in [3.63, 3.8) is 0 Å². The minimum atomic E-state index is -1.05. The van der Waals surface area contributed by atoms with Crippen molar-refractivity contribution in [3.05, 3.63) is 35.4 Å². The van der Waals surface area contributed by atoms with Gasteiger partial charge in [-0.2, -0.15) is 0 Å². The van der Waals surface area contributed by atoms with Gasteiger partial charge in [0.05, 0.1) is 24.6 Å². The second kappa shape index (κ2) is 6.76. The number of hydrogen-bond donors (Lipinski definition) is 3. The van der Waals surface area contributed by atoms with Gasteiger partial charge in [0.2, 0.25) is 5.91 Å². The number of nitrogens with one attached hydrogen (secondary N) is 1. The Morgan fingerprint density at radius 2 is 2.00 bits per heavy atom. The summed E-state index contributed by atoms with van der Waals surface area (Å²) in [4.78, 5) is 22.7. The molecule has 1 atom stereocenters. The van der Waals surface area contributed by atoms with Gasteiger partial charge in [0.15, 0.2) is 0 Å². The third kappa shape index (κ3) is 3.85. The van der Waals surface area contributed by atoms with E-state index in [9.17, 15) is 9.59 Å². The predicted molar refractivity (Wildman–Crippen MR) is 66.4 cm³/mol. The number of aliphatic hydroxyl groups excluding tert-OH is 1. The Labute approximate surface area is 105 Å². The molecule has 1 rings (SSSR count). The summed E-state index contributed by atoms with van der Waals surface area (Å²) in [5, 5.41) is 20.6. The fourth-order valence-corrected chi connectivity index (χ4v) is 1.61. The van der Waals surface area contributed by atoms with Crippen molar-refractivity contribution in [1.82, 2.24) is 5.32 Å². The van der Waals surface area contributed by atoms with Crippen molar-refractivity contribution in [1.29, 1.82) is 0 Å². The predicted octanol–water partition coefficient (Wildman–Crippen LogP) is 0.814. The molecule has 1 amide bonds. The Bertz CT molecular complexity index is 427. The molecule has 0 aliphatic rings. The van der Waals surface area contributed by atoms with E-state index in [1.807, 2.05) is 6.92 Å². The van der Waals surface area contributed by atoms with Crippen LogP contribution in [0.2, 0.25) is 0 Å². The molecule has 18 heavy (non-hydrogen) atoms. The first-order chi connectivity index (χ1) is 8.58. The highest BCUT2D eigenvalue weighted by Crippen LogP contribution is 2.09. The maximum absolute atomic E-state index is 11.7. The summed E-state index contributed by atoms with van der Waals surface area (Å²) in [6.07, 6.45) is 0.627. The van der Waals surface area contributed by atoms with E-state index in [4.69, 9.17) is 10.2 Å². The van der Waals surface area contributed by atoms with Crippen LogP contribution in [0, 0.1) is 0 Å². The number of hydrogen-bond acceptors (Lipinski definition) is 3. The number of carbonyl (C=O) groups is 2. The maximum Gasteiger partial charge on any atom is 0.335 e. The molecule has 1 aromatic rings. The molecule has 0 aliphatic carbocycles. The standard InChI is InChI=1S/C13H17NO4/c1-2-10(8-15)14-12(16)7-9-5-3-4-6-11(9)13(17)18/h3-6,10,15H,2,7-8H2,1H3,(H,14,16)(H,17,18)/t10-/m0/s1. The molecule has 0 aliphatic heterocycles. The molecule has 0 radical (unpaired) electrons. The zero-order valence-corrected chi connectivity index (χ0v) is 10.2. The average molecular weight is 251 g/mol. The van der Waals surface area contributed by atoms with Gasteiger partial charge in [-0.05, 0) is 18.1 Å². The van der Waals surface area contributed by atoms with E-state index in [2.05, 4.69) is 5.32 Å². The molecule has 0 bridgehead atoms. The van der Waals surface area contributed by atoms with Gasteiger partial charge < -0.3 is 15.5 Å². The number of benzene rings is 1. The third-order valence-corrected chi connectivity index (χ3v) is 2.68. The van der Waals surface area contributed by atoms with Crippen LogP contribution in [-0.2, 0) is 11.2 Å². The molecular weight excluding hydrogens is 234 g/mol. The molecular formula is C13H17NO4. The van der Waals surface area contributed by atoms with Gasteiger partial charge in [-0.15, -0.1) is 0 Å². The van der Waals surface area contributed by atoms with E-state index in [0.29, 0.717) is 12.0 Å². The second-order valence-electron chi connectivity index (χ2n) is 3.99. The van der Waals surface area contributed by atoms with Gasteiger partial charge >= 0.3 is 5.97 Å². The third-order valence-electron chi connectivity index (χ3n) is 2.68. The Hall–Kier alpha value is -1.88. The SMILES string of the molecule is CC[C@@H](CO)NC(=O)Cc1ccccc1C(=O)O. The average Bonchev–Trinajstić information content (AvgIpc) is 2.36. The molecule has 1 aromatic carbocycles. The molecule has 5 nitrogen and oxygen atoms in total. The number of rotatable bonds is 6. The highest BCUT2D eigenvalue weighted by molar-refractivity contribution is 5.91. The molecule has 0 saturated carbocycles. The van der Waals surface area contributed by atoms with Gasteiger partial charge in [-0.25, -0.2) is 4.79 Å². The van der Waals surface area contributed by atoms with Crippen LogP contribution < -0.4 is 5.32 Å². The molecule has 98 valence electrons. The number of amides is 1.